The first kappa shape index (κ1) is 10.5. The minimum atomic E-state index is -0.0488. The molecule has 1 rings (SSSR count). The second-order valence-corrected chi connectivity index (χ2v) is 2.88. The molecular formula is C11H14N2O. The maximum atomic E-state index is 11.3. The number of rotatable bonds is 5. The molecule has 0 aliphatic carbocycles. The van der Waals surface area contributed by atoms with Crippen molar-refractivity contribution in [2.24, 2.45) is 5.73 Å². The lowest BCUT2D eigenvalue weighted by Crippen LogP contribution is -2.13. The monoisotopic (exact) mass is 190 g/mol. The van der Waals surface area contributed by atoms with E-state index >= 15 is 0 Å². The molecule has 1 aromatic carbocycles. The molecular weight excluding hydrogens is 176 g/mol. The molecule has 1 aromatic rings. The number of nitrogens with one attached hydrogen (secondary N) is 1. The fourth-order valence-corrected chi connectivity index (χ4v) is 1.11. The molecule has 0 aliphatic heterocycles. The normalized spacial score (nSPS) is 9.50. The quantitative estimate of drug-likeness (QED) is 0.545. The zero-order chi connectivity index (χ0) is 10.4. The van der Waals surface area contributed by atoms with E-state index in [2.05, 4.69) is 11.9 Å². The van der Waals surface area contributed by atoms with Crippen molar-refractivity contribution in [3.63, 3.8) is 0 Å². The Kier molecular flexibility index (Phi) is 3.88. The molecule has 0 aliphatic rings. The number of hydrogen-bond acceptors (Lipinski definition) is 3. The van der Waals surface area contributed by atoms with Crippen LogP contribution in [0.4, 0.5) is 5.69 Å². The fraction of sp³-hybridized carbons (Fsp3) is 0.182. The molecule has 3 N–H and O–H groups in total. The van der Waals surface area contributed by atoms with Gasteiger partial charge in [0.2, 0.25) is 0 Å². The van der Waals surface area contributed by atoms with Gasteiger partial charge in [0, 0.05) is 17.8 Å². The lowest BCUT2D eigenvalue weighted by Gasteiger charge is -2.04. The van der Waals surface area contributed by atoms with Gasteiger partial charge in [-0.05, 0) is 12.1 Å². The van der Waals surface area contributed by atoms with Crippen molar-refractivity contribution >= 4 is 11.5 Å². The van der Waals surface area contributed by atoms with Crippen LogP contribution in [0, 0.1) is 0 Å². The van der Waals surface area contributed by atoms with Crippen LogP contribution in [0.2, 0.25) is 0 Å². The van der Waals surface area contributed by atoms with Crippen LogP contribution in [-0.4, -0.2) is 18.9 Å². The Bertz CT molecular complexity index is 334. The number of benzene rings is 1. The van der Waals surface area contributed by atoms with Gasteiger partial charge < -0.3 is 11.1 Å². The van der Waals surface area contributed by atoms with Gasteiger partial charge >= 0.3 is 0 Å². The lowest BCUT2D eigenvalue weighted by atomic mass is 10.1. The highest BCUT2D eigenvalue weighted by molar-refractivity contribution is 5.98. The molecule has 0 aromatic heterocycles. The third-order valence-corrected chi connectivity index (χ3v) is 1.82. The molecule has 0 fully saturated rings. The van der Waals surface area contributed by atoms with Gasteiger partial charge in [-0.2, -0.15) is 0 Å². The highest BCUT2D eigenvalue weighted by atomic mass is 16.1. The highest BCUT2D eigenvalue weighted by Crippen LogP contribution is 2.10. The van der Waals surface area contributed by atoms with Crippen LogP contribution >= 0.6 is 0 Å². The van der Waals surface area contributed by atoms with Crippen LogP contribution in [0.3, 0.4) is 0 Å². The zero-order valence-corrected chi connectivity index (χ0v) is 7.99. The van der Waals surface area contributed by atoms with E-state index < -0.39 is 0 Å². The van der Waals surface area contributed by atoms with E-state index in [9.17, 15) is 4.79 Å². The van der Waals surface area contributed by atoms with Crippen molar-refractivity contribution in [2.75, 3.05) is 18.4 Å². The van der Waals surface area contributed by atoms with E-state index in [1.165, 1.54) is 0 Å². The average molecular weight is 190 g/mol. The van der Waals surface area contributed by atoms with Crippen LogP contribution in [-0.2, 0) is 0 Å². The van der Waals surface area contributed by atoms with Gasteiger partial charge in [-0.3, -0.25) is 4.79 Å². The van der Waals surface area contributed by atoms with E-state index in [1.807, 2.05) is 12.1 Å². The van der Waals surface area contributed by atoms with Crippen molar-refractivity contribution in [3.8, 4) is 0 Å². The Morgan fingerprint density at radius 2 is 2.36 bits per heavy atom. The average Bonchev–Trinajstić information content (AvgIpc) is 2.25. The van der Waals surface area contributed by atoms with Crippen LogP contribution < -0.4 is 11.1 Å². The van der Waals surface area contributed by atoms with Crippen molar-refractivity contribution in [1.82, 2.24) is 0 Å². The highest BCUT2D eigenvalue weighted by Gasteiger charge is 2.02. The zero-order valence-electron chi connectivity index (χ0n) is 7.99. The molecule has 0 bridgehead atoms. The first-order valence-electron chi connectivity index (χ1n) is 4.46. The Morgan fingerprint density at radius 1 is 1.57 bits per heavy atom. The van der Waals surface area contributed by atoms with E-state index in [0.29, 0.717) is 12.1 Å². The summed E-state index contributed by atoms with van der Waals surface area (Å²) < 4.78 is 0. The number of anilines is 1. The van der Waals surface area contributed by atoms with Gasteiger partial charge in [0.05, 0.1) is 6.54 Å². The summed E-state index contributed by atoms with van der Waals surface area (Å²) in [6.07, 6.45) is 1.76. The predicted molar refractivity (Wildman–Crippen MR) is 58.5 cm³/mol. The summed E-state index contributed by atoms with van der Waals surface area (Å²) in [5.41, 5.74) is 6.82. The third kappa shape index (κ3) is 2.71. The maximum absolute atomic E-state index is 11.3. The molecule has 0 atom stereocenters. The lowest BCUT2D eigenvalue weighted by molar-refractivity contribution is 0.100. The van der Waals surface area contributed by atoms with E-state index in [4.69, 9.17) is 5.73 Å². The van der Waals surface area contributed by atoms with Gasteiger partial charge in [-0.25, -0.2) is 0 Å². The first-order chi connectivity index (χ1) is 6.77. The molecule has 0 amide bonds. The molecule has 3 heteroatoms. The topological polar surface area (TPSA) is 55.1 Å². The Balaban J connectivity index is 2.78. The second-order valence-electron chi connectivity index (χ2n) is 2.88. The third-order valence-electron chi connectivity index (χ3n) is 1.82. The van der Waals surface area contributed by atoms with Gasteiger partial charge in [0.1, 0.15) is 0 Å². The van der Waals surface area contributed by atoms with Crippen LogP contribution in [0.1, 0.15) is 10.4 Å². The van der Waals surface area contributed by atoms with E-state index in [1.54, 1.807) is 18.2 Å². The second kappa shape index (κ2) is 5.19. The standard InChI is InChI=1S/C11H14N2O/c1-2-6-13-10-5-3-4-9(7-10)11(14)8-12/h2-5,7,13H,1,6,8,12H2. The molecule has 0 unspecified atom stereocenters. The van der Waals surface area contributed by atoms with Crippen molar-refractivity contribution in [2.45, 2.75) is 0 Å². The number of carbonyl (C=O) groups excluding carboxylic acids is 1. The molecule has 3 nitrogen and oxygen atoms in total. The molecule has 0 saturated carbocycles. The number of hydrogen-bond donors (Lipinski definition) is 2. The van der Waals surface area contributed by atoms with Gasteiger partial charge in [0.25, 0.3) is 0 Å². The van der Waals surface area contributed by atoms with Gasteiger partial charge in [-0.15, -0.1) is 6.58 Å². The maximum Gasteiger partial charge on any atom is 0.176 e. The molecule has 0 spiro atoms. The number of carbonyl (C=O) groups is 1. The number of nitrogens with two attached hydrogens (primary N) is 1. The minimum Gasteiger partial charge on any atom is -0.382 e. The van der Waals surface area contributed by atoms with E-state index in [0.717, 1.165) is 5.69 Å². The molecule has 0 heterocycles. The molecule has 74 valence electrons. The van der Waals surface area contributed by atoms with Crippen LogP contribution in [0.5, 0.6) is 0 Å². The summed E-state index contributed by atoms with van der Waals surface area (Å²) >= 11 is 0. The summed E-state index contributed by atoms with van der Waals surface area (Å²) in [4.78, 5) is 11.3. The largest absolute Gasteiger partial charge is 0.382 e. The molecule has 14 heavy (non-hydrogen) atoms. The Labute approximate surface area is 83.6 Å². The number of ketones is 1. The summed E-state index contributed by atoms with van der Waals surface area (Å²) in [6.45, 7) is 4.33. The number of Topliss-reactive ketones (excluding diaryl/α,β-unsaturated/α-hetero) is 1. The van der Waals surface area contributed by atoms with Gasteiger partial charge in [0.15, 0.2) is 5.78 Å². The van der Waals surface area contributed by atoms with Crippen LogP contribution in [0.25, 0.3) is 0 Å². The Hall–Kier alpha value is -1.61. The molecule has 0 radical (unpaired) electrons. The summed E-state index contributed by atoms with van der Waals surface area (Å²) in [7, 11) is 0. The van der Waals surface area contributed by atoms with Crippen molar-refractivity contribution in [1.29, 1.82) is 0 Å². The smallest absolute Gasteiger partial charge is 0.176 e. The minimum absolute atomic E-state index is 0.0465. The van der Waals surface area contributed by atoms with Crippen molar-refractivity contribution < 1.29 is 4.79 Å². The van der Waals surface area contributed by atoms with Gasteiger partial charge in [-0.1, -0.05) is 18.2 Å². The van der Waals surface area contributed by atoms with E-state index in [-0.39, 0.29) is 12.3 Å². The van der Waals surface area contributed by atoms with Crippen LogP contribution in [0.15, 0.2) is 36.9 Å². The fourth-order valence-electron chi connectivity index (χ4n) is 1.11. The summed E-state index contributed by atoms with van der Waals surface area (Å²) in [5, 5.41) is 3.10. The summed E-state index contributed by atoms with van der Waals surface area (Å²) in [6, 6.07) is 7.28. The summed E-state index contributed by atoms with van der Waals surface area (Å²) in [5.74, 6) is -0.0488. The Morgan fingerprint density at radius 3 is 3.00 bits per heavy atom. The first-order valence-corrected chi connectivity index (χ1v) is 4.46. The predicted octanol–water partition coefficient (Wildman–Crippen LogP) is 1.43. The molecule has 0 saturated heterocycles. The SMILES string of the molecule is C=CCNc1cccc(C(=O)CN)c1. The van der Waals surface area contributed by atoms with Crippen molar-refractivity contribution in [3.05, 3.63) is 42.5 Å².